The minimum absolute atomic E-state index is 0.111. The molecule has 0 unspecified atom stereocenters. The van der Waals surface area contributed by atoms with Gasteiger partial charge in [-0.05, 0) is 23.8 Å². The Morgan fingerprint density at radius 3 is 2.70 bits per heavy atom. The van der Waals surface area contributed by atoms with Gasteiger partial charge in [-0.3, -0.25) is 9.59 Å². The Bertz CT molecular complexity index is 718. The van der Waals surface area contributed by atoms with Crippen LogP contribution in [0.1, 0.15) is 12.0 Å². The fraction of sp³-hybridized carbons (Fsp3) is 0.222. The Morgan fingerprint density at radius 2 is 1.96 bits per heavy atom. The lowest BCUT2D eigenvalue weighted by molar-refractivity contribution is -0.121. The molecule has 23 heavy (non-hydrogen) atoms. The number of anilines is 1. The van der Waals surface area contributed by atoms with E-state index in [1.807, 2.05) is 30.3 Å². The van der Waals surface area contributed by atoms with Gasteiger partial charge in [0.2, 0.25) is 11.8 Å². The summed E-state index contributed by atoms with van der Waals surface area (Å²) in [7, 11) is 0. The molecule has 1 N–H and O–H groups in total. The number of hydrogen-bond donors (Lipinski definition) is 1. The summed E-state index contributed by atoms with van der Waals surface area (Å²) in [5, 5.41) is 2.88. The zero-order valence-electron chi connectivity index (χ0n) is 12.5. The second-order valence-electron chi connectivity index (χ2n) is 5.62. The molecule has 3 rings (SSSR count). The van der Waals surface area contributed by atoms with Gasteiger partial charge in [0.1, 0.15) is 5.82 Å². The van der Waals surface area contributed by atoms with Crippen LogP contribution in [0.3, 0.4) is 0 Å². The zero-order valence-corrected chi connectivity index (χ0v) is 12.5. The van der Waals surface area contributed by atoms with Crippen LogP contribution in [0.5, 0.6) is 0 Å². The third-order valence-corrected chi connectivity index (χ3v) is 3.82. The van der Waals surface area contributed by atoms with E-state index in [4.69, 9.17) is 0 Å². The fourth-order valence-electron chi connectivity index (χ4n) is 2.76. The van der Waals surface area contributed by atoms with Gasteiger partial charge in [-0.2, -0.15) is 0 Å². The molecule has 1 fully saturated rings. The second kappa shape index (κ2) is 6.60. The number of nitrogens with zero attached hydrogens (tertiary/aromatic N) is 1. The molecule has 2 aromatic carbocycles. The standard InChI is InChI=1S/C18H17FN2O2/c19-14-7-4-8-16(10-14)21-12-15(11-18(21)23)20-17(22)9-13-5-2-1-3-6-13/h1-8,10,15H,9,11-12H2,(H,20,22)/t15-/m0/s1. The van der Waals surface area contributed by atoms with E-state index in [9.17, 15) is 14.0 Å². The second-order valence-corrected chi connectivity index (χ2v) is 5.62. The van der Waals surface area contributed by atoms with E-state index >= 15 is 0 Å². The SMILES string of the molecule is O=C(Cc1ccccc1)N[C@H]1CC(=O)N(c2cccc(F)c2)C1. The highest BCUT2D eigenvalue weighted by molar-refractivity contribution is 5.96. The molecule has 1 atom stereocenters. The molecule has 0 saturated carbocycles. The molecule has 5 heteroatoms. The van der Waals surface area contributed by atoms with E-state index in [0.717, 1.165) is 5.56 Å². The summed E-state index contributed by atoms with van der Waals surface area (Å²) in [5.41, 5.74) is 1.45. The molecule has 0 aliphatic carbocycles. The molecule has 0 bridgehead atoms. The molecule has 0 radical (unpaired) electrons. The van der Waals surface area contributed by atoms with Crippen LogP contribution < -0.4 is 10.2 Å². The van der Waals surface area contributed by atoms with Crippen LogP contribution in [0.4, 0.5) is 10.1 Å². The normalized spacial score (nSPS) is 17.3. The van der Waals surface area contributed by atoms with Gasteiger partial charge in [-0.15, -0.1) is 0 Å². The summed E-state index contributed by atoms with van der Waals surface area (Å²) in [6.07, 6.45) is 0.516. The smallest absolute Gasteiger partial charge is 0.229 e. The number of carbonyl (C=O) groups is 2. The average Bonchev–Trinajstić information content (AvgIpc) is 2.88. The Balaban J connectivity index is 1.60. The lowest BCUT2D eigenvalue weighted by atomic mass is 10.1. The summed E-state index contributed by atoms with van der Waals surface area (Å²) in [6, 6.07) is 15.1. The number of carbonyl (C=O) groups excluding carboxylic acids is 2. The molecule has 4 nitrogen and oxygen atoms in total. The predicted molar refractivity (Wildman–Crippen MR) is 85.4 cm³/mol. The quantitative estimate of drug-likeness (QED) is 0.942. The van der Waals surface area contributed by atoms with E-state index in [1.165, 1.54) is 17.0 Å². The van der Waals surface area contributed by atoms with Gasteiger partial charge in [0.25, 0.3) is 0 Å². The molecular formula is C18H17FN2O2. The fourth-order valence-corrected chi connectivity index (χ4v) is 2.76. The maximum Gasteiger partial charge on any atom is 0.229 e. The Morgan fingerprint density at radius 1 is 1.17 bits per heavy atom. The number of rotatable bonds is 4. The molecule has 1 aliphatic heterocycles. The van der Waals surface area contributed by atoms with Crippen molar-refractivity contribution in [3.8, 4) is 0 Å². The molecular weight excluding hydrogens is 295 g/mol. The number of benzene rings is 2. The van der Waals surface area contributed by atoms with Gasteiger partial charge in [0.05, 0.1) is 12.5 Å². The van der Waals surface area contributed by atoms with Crippen LogP contribution in [0.2, 0.25) is 0 Å². The van der Waals surface area contributed by atoms with Crippen molar-refractivity contribution in [2.45, 2.75) is 18.9 Å². The van der Waals surface area contributed by atoms with Gasteiger partial charge in [-0.25, -0.2) is 4.39 Å². The first-order chi connectivity index (χ1) is 11.1. The third-order valence-electron chi connectivity index (χ3n) is 3.82. The number of amides is 2. The van der Waals surface area contributed by atoms with Crippen molar-refractivity contribution in [3.63, 3.8) is 0 Å². The van der Waals surface area contributed by atoms with Crippen molar-refractivity contribution in [2.75, 3.05) is 11.4 Å². The number of hydrogen-bond acceptors (Lipinski definition) is 2. The van der Waals surface area contributed by atoms with Crippen LogP contribution in [0.15, 0.2) is 54.6 Å². The summed E-state index contributed by atoms with van der Waals surface area (Å²) in [6.45, 7) is 0.364. The highest BCUT2D eigenvalue weighted by Gasteiger charge is 2.31. The average molecular weight is 312 g/mol. The molecule has 0 aromatic heterocycles. The lowest BCUT2D eigenvalue weighted by Crippen LogP contribution is -2.38. The largest absolute Gasteiger partial charge is 0.351 e. The first kappa shape index (κ1) is 15.2. The first-order valence-electron chi connectivity index (χ1n) is 7.51. The maximum absolute atomic E-state index is 13.3. The van der Waals surface area contributed by atoms with Crippen molar-refractivity contribution < 1.29 is 14.0 Å². The van der Waals surface area contributed by atoms with Gasteiger partial charge in [0, 0.05) is 18.7 Å². The highest BCUT2D eigenvalue weighted by atomic mass is 19.1. The van der Waals surface area contributed by atoms with E-state index in [1.54, 1.807) is 12.1 Å². The Labute approximate surface area is 133 Å². The van der Waals surface area contributed by atoms with Crippen molar-refractivity contribution >= 4 is 17.5 Å². The van der Waals surface area contributed by atoms with Gasteiger partial charge >= 0.3 is 0 Å². The van der Waals surface area contributed by atoms with E-state index < -0.39 is 0 Å². The molecule has 1 heterocycles. The molecule has 2 aromatic rings. The topological polar surface area (TPSA) is 49.4 Å². The highest BCUT2D eigenvalue weighted by Crippen LogP contribution is 2.22. The van der Waals surface area contributed by atoms with E-state index in [-0.39, 0.29) is 36.5 Å². The van der Waals surface area contributed by atoms with Gasteiger partial charge < -0.3 is 10.2 Å². The van der Waals surface area contributed by atoms with Crippen LogP contribution in [0.25, 0.3) is 0 Å². The minimum atomic E-state index is -0.383. The van der Waals surface area contributed by atoms with Gasteiger partial charge in [0.15, 0.2) is 0 Å². The summed E-state index contributed by atoms with van der Waals surface area (Å²) in [5.74, 6) is -0.609. The molecule has 1 aliphatic rings. The monoisotopic (exact) mass is 312 g/mol. The molecule has 2 amide bonds. The third kappa shape index (κ3) is 3.74. The Hall–Kier alpha value is -2.69. The van der Waals surface area contributed by atoms with Crippen LogP contribution in [-0.2, 0) is 16.0 Å². The molecule has 1 saturated heterocycles. The number of halogens is 1. The number of nitrogens with one attached hydrogen (secondary N) is 1. The molecule has 118 valence electrons. The van der Waals surface area contributed by atoms with Crippen molar-refractivity contribution in [2.24, 2.45) is 0 Å². The summed E-state index contributed by atoms with van der Waals surface area (Å²) < 4.78 is 13.3. The van der Waals surface area contributed by atoms with Crippen LogP contribution in [-0.4, -0.2) is 24.4 Å². The van der Waals surface area contributed by atoms with Crippen LogP contribution >= 0.6 is 0 Å². The summed E-state index contributed by atoms with van der Waals surface area (Å²) >= 11 is 0. The Kier molecular flexibility index (Phi) is 4.37. The van der Waals surface area contributed by atoms with E-state index in [0.29, 0.717) is 12.2 Å². The molecule has 0 spiro atoms. The first-order valence-corrected chi connectivity index (χ1v) is 7.51. The van der Waals surface area contributed by atoms with E-state index in [2.05, 4.69) is 5.32 Å². The van der Waals surface area contributed by atoms with Crippen molar-refractivity contribution in [1.82, 2.24) is 5.32 Å². The predicted octanol–water partition coefficient (Wildman–Crippen LogP) is 2.29. The lowest BCUT2D eigenvalue weighted by Gasteiger charge is -2.17. The summed E-state index contributed by atoms with van der Waals surface area (Å²) in [4.78, 5) is 25.7. The van der Waals surface area contributed by atoms with Gasteiger partial charge in [-0.1, -0.05) is 36.4 Å². The zero-order chi connectivity index (χ0) is 16.2. The van der Waals surface area contributed by atoms with Crippen molar-refractivity contribution in [1.29, 1.82) is 0 Å². The van der Waals surface area contributed by atoms with Crippen LogP contribution in [0, 0.1) is 5.82 Å². The van der Waals surface area contributed by atoms with Crippen molar-refractivity contribution in [3.05, 3.63) is 66.0 Å². The maximum atomic E-state index is 13.3. The minimum Gasteiger partial charge on any atom is -0.351 e.